The van der Waals surface area contributed by atoms with Crippen LogP contribution in [0.1, 0.15) is 5.56 Å². The van der Waals surface area contributed by atoms with Gasteiger partial charge in [0.25, 0.3) is 0 Å². The molecule has 1 nitrogen and oxygen atoms in total. The van der Waals surface area contributed by atoms with E-state index >= 15 is 0 Å². The third kappa shape index (κ3) is 3.67. The Morgan fingerprint density at radius 3 is 1.74 bits per heavy atom. The minimum absolute atomic E-state index is 0.0211. The number of halogens is 6. The van der Waals surface area contributed by atoms with Crippen molar-refractivity contribution in [2.75, 3.05) is 0 Å². The number of hydrogen-bond acceptors (Lipinski definition) is 1. The van der Waals surface area contributed by atoms with Crippen LogP contribution in [0.25, 0.3) is 33.5 Å². The summed E-state index contributed by atoms with van der Waals surface area (Å²) >= 11 is 0. The number of rotatable bonds is 3. The molecule has 4 aromatic rings. The van der Waals surface area contributed by atoms with Crippen LogP contribution < -0.4 is 0 Å². The van der Waals surface area contributed by atoms with Crippen LogP contribution in [0.2, 0.25) is 0 Å². The monoisotopic (exact) mass is 429 g/mol. The van der Waals surface area contributed by atoms with E-state index in [1.54, 1.807) is 0 Å². The van der Waals surface area contributed by atoms with Crippen molar-refractivity contribution in [1.82, 2.24) is 4.98 Å². The third-order valence-corrected chi connectivity index (χ3v) is 4.94. The Balaban J connectivity index is 1.71. The van der Waals surface area contributed by atoms with Gasteiger partial charge in [0.15, 0.2) is 34.9 Å². The number of benzene rings is 3. The highest BCUT2D eigenvalue weighted by Crippen LogP contribution is 2.33. The molecule has 0 unspecified atom stereocenters. The van der Waals surface area contributed by atoms with Gasteiger partial charge in [-0.3, -0.25) is 4.98 Å². The molecule has 3 aromatic carbocycles. The average Bonchev–Trinajstić information content (AvgIpc) is 2.76. The van der Waals surface area contributed by atoms with Crippen LogP contribution >= 0.6 is 0 Å². The highest BCUT2D eigenvalue weighted by Gasteiger charge is 2.18. The van der Waals surface area contributed by atoms with Crippen molar-refractivity contribution in [3.63, 3.8) is 0 Å². The van der Waals surface area contributed by atoms with Gasteiger partial charge in [-0.1, -0.05) is 30.3 Å². The largest absolute Gasteiger partial charge is 0.256 e. The van der Waals surface area contributed by atoms with Crippen LogP contribution in [0.15, 0.2) is 60.8 Å². The Morgan fingerprint density at radius 2 is 1.13 bits per heavy atom. The first kappa shape index (κ1) is 20.7. The molecule has 0 radical (unpaired) electrons. The highest BCUT2D eigenvalue weighted by atomic mass is 19.2. The van der Waals surface area contributed by atoms with Gasteiger partial charge in [0.2, 0.25) is 0 Å². The molecule has 0 aliphatic carbocycles. The number of aromatic nitrogens is 1. The van der Waals surface area contributed by atoms with E-state index in [9.17, 15) is 26.3 Å². The fraction of sp³-hybridized carbons (Fsp3) is 0.0417. The molecular weight excluding hydrogens is 416 g/mol. The summed E-state index contributed by atoms with van der Waals surface area (Å²) in [4.78, 5) is 4.04. The van der Waals surface area contributed by atoms with Gasteiger partial charge in [-0.2, -0.15) is 0 Å². The number of hydrogen-bond donors (Lipinski definition) is 0. The van der Waals surface area contributed by atoms with Crippen molar-refractivity contribution in [2.45, 2.75) is 6.92 Å². The molecule has 31 heavy (non-hydrogen) atoms. The second-order valence-electron chi connectivity index (χ2n) is 6.91. The minimum atomic E-state index is -1.24. The van der Waals surface area contributed by atoms with Gasteiger partial charge < -0.3 is 0 Å². The van der Waals surface area contributed by atoms with E-state index in [2.05, 4.69) is 4.98 Å². The lowest BCUT2D eigenvalue weighted by Gasteiger charge is -2.10. The molecule has 0 bridgehead atoms. The van der Waals surface area contributed by atoms with Crippen molar-refractivity contribution in [1.29, 1.82) is 0 Å². The van der Waals surface area contributed by atoms with Gasteiger partial charge in [-0.05, 0) is 42.3 Å². The van der Waals surface area contributed by atoms with Crippen LogP contribution in [-0.2, 0) is 0 Å². The lowest BCUT2D eigenvalue weighted by molar-refractivity contribution is 0.505. The van der Waals surface area contributed by atoms with Crippen LogP contribution in [0.5, 0.6) is 0 Å². The van der Waals surface area contributed by atoms with E-state index < -0.39 is 34.9 Å². The van der Waals surface area contributed by atoms with Gasteiger partial charge in [-0.25, -0.2) is 26.3 Å². The zero-order valence-electron chi connectivity index (χ0n) is 16.0. The molecule has 0 spiro atoms. The second kappa shape index (κ2) is 7.91. The fourth-order valence-corrected chi connectivity index (χ4v) is 3.22. The molecule has 0 aliphatic rings. The molecule has 0 N–H and O–H groups in total. The van der Waals surface area contributed by atoms with E-state index in [0.29, 0.717) is 0 Å². The third-order valence-electron chi connectivity index (χ3n) is 4.94. The van der Waals surface area contributed by atoms with Crippen molar-refractivity contribution in [3.05, 3.63) is 101 Å². The van der Waals surface area contributed by atoms with Gasteiger partial charge in [0.1, 0.15) is 0 Å². The Kier molecular flexibility index (Phi) is 5.27. The zero-order valence-corrected chi connectivity index (χ0v) is 16.0. The first-order valence-electron chi connectivity index (χ1n) is 9.12. The predicted octanol–water partition coefficient (Wildman–Crippen LogP) is 7.23. The van der Waals surface area contributed by atoms with Crippen LogP contribution in [0.3, 0.4) is 0 Å². The number of aryl methyl sites for hydroxylation is 1. The molecule has 1 heterocycles. The van der Waals surface area contributed by atoms with E-state index in [0.717, 1.165) is 18.2 Å². The summed E-state index contributed by atoms with van der Waals surface area (Å²) in [5, 5.41) is 0. The summed E-state index contributed by atoms with van der Waals surface area (Å²) in [5.74, 6) is -6.75. The van der Waals surface area contributed by atoms with E-state index in [4.69, 9.17) is 0 Å². The van der Waals surface area contributed by atoms with Gasteiger partial charge >= 0.3 is 0 Å². The van der Waals surface area contributed by atoms with Crippen molar-refractivity contribution in [2.24, 2.45) is 0 Å². The number of nitrogens with zero attached hydrogens (tertiary/aromatic N) is 1. The zero-order chi connectivity index (χ0) is 22.3. The molecule has 0 saturated heterocycles. The fourth-order valence-electron chi connectivity index (χ4n) is 3.22. The van der Waals surface area contributed by atoms with Gasteiger partial charge in [0.05, 0.1) is 5.69 Å². The smallest absolute Gasteiger partial charge is 0.168 e. The maximum absolute atomic E-state index is 14.7. The first-order chi connectivity index (χ1) is 14.8. The Morgan fingerprint density at radius 1 is 0.548 bits per heavy atom. The topological polar surface area (TPSA) is 12.9 Å². The van der Waals surface area contributed by atoms with E-state index in [-0.39, 0.29) is 39.1 Å². The summed E-state index contributed by atoms with van der Waals surface area (Å²) in [7, 11) is 0. The molecule has 0 fully saturated rings. The minimum Gasteiger partial charge on any atom is -0.256 e. The van der Waals surface area contributed by atoms with E-state index in [1.807, 2.05) is 0 Å². The molecule has 4 rings (SSSR count). The quantitative estimate of drug-likeness (QED) is 0.313. The molecule has 1 aromatic heterocycles. The summed E-state index contributed by atoms with van der Waals surface area (Å²) in [6, 6.07) is 10.8. The Labute approximate surface area is 173 Å². The lowest BCUT2D eigenvalue weighted by atomic mass is 9.99. The maximum atomic E-state index is 14.7. The molecule has 7 heteroatoms. The van der Waals surface area contributed by atoms with Gasteiger partial charge in [-0.15, -0.1) is 0 Å². The molecule has 156 valence electrons. The molecule has 0 atom stereocenters. The van der Waals surface area contributed by atoms with Crippen LogP contribution in [0.4, 0.5) is 26.3 Å². The summed E-state index contributed by atoms with van der Waals surface area (Å²) in [6.45, 7) is 1.43. The highest BCUT2D eigenvalue weighted by molar-refractivity contribution is 5.72. The molecule has 0 amide bonds. The molecule has 0 aliphatic heterocycles. The normalized spacial score (nSPS) is 11.1. The Hall–Kier alpha value is -3.61. The summed E-state index contributed by atoms with van der Waals surface area (Å²) in [5.41, 5.74) is 0.0310. The van der Waals surface area contributed by atoms with Crippen LogP contribution in [0, 0.1) is 41.8 Å². The SMILES string of the molecule is Cc1ccc(-c2ccc(-c3ccc(-c4ccc(F)c(F)c4)c(F)c3F)cn2)c(F)c1F. The van der Waals surface area contributed by atoms with E-state index in [1.165, 1.54) is 49.5 Å². The van der Waals surface area contributed by atoms with Crippen molar-refractivity contribution >= 4 is 0 Å². The summed E-state index contributed by atoms with van der Waals surface area (Å²) in [6.07, 6.45) is 1.21. The maximum Gasteiger partial charge on any atom is 0.168 e. The predicted molar refractivity (Wildman–Crippen MR) is 105 cm³/mol. The van der Waals surface area contributed by atoms with Crippen molar-refractivity contribution in [3.8, 4) is 33.5 Å². The first-order valence-corrected chi connectivity index (χ1v) is 9.12. The van der Waals surface area contributed by atoms with Crippen LogP contribution in [-0.4, -0.2) is 4.98 Å². The average molecular weight is 429 g/mol. The summed E-state index contributed by atoms with van der Waals surface area (Å²) < 4.78 is 83.9. The standard InChI is InChI=1S/C24H13F6N/c1-12-2-5-17(24(30)21(12)27)20-9-4-14(11-31-20)16-7-6-15(22(28)23(16)29)13-3-8-18(25)19(26)10-13/h2-11H,1H3. The number of pyridine rings is 1. The molecular formula is C24H13F6N. The van der Waals surface area contributed by atoms with Crippen molar-refractivity contribution < 1.29 is 26.3 Å². The van der Waals surface area contributed by atoms with Gasteiger partial charge in [0, 0.05) is 28.5 Å². The second-order valence-corrected chi connectivity index (χ2v) is 6.91. The Bertz CT molecular complexity index is 1300. The lowest BCUT2D eigenvalue weighted by Crippen LogP contribution is -1.97. The molecule has 0 saturated carbocycles.